The first-order valence-electron chi connectivity index (χ1n) is 14.3. The van der Waals surface area contributed by atoms with Crippen molar-refractivity contribution in [2.24, 2.45) is 0 Å². The summed E-state index contributed by atoms with van der Waals surface area (Å²) in [5.74, 6) is 1.11. The SMILES string of the molecule is CCOc1cc(C(=O)N[C@@H](Cc2ccccc2)[C@@H](O)CNC(C)(C)c2cccc(OC)c2)cc(N2CCCS2(O)O)c1. The van der Waals surface area contributed by atoms with E-state index in [4.69, 9.17) is 9.47 Å². The van der Waals surface area contributed by atoms with Gasteiger partial charge in [-0.05, 0) is 69.0 Å². The van der Waals surface area contributed by atoms with E-state index in [9.17, 15) is 19.0 Å². The van der Waals surface area contributed by atoms with Gasteiger partial charge >= 0.3 is 0 Å². The number of aliphatic hydroxyl groups excluding tert-OH is 1. The molecule has 42 heavy (non-hydrogen) atoms. The van der Waals surface area contributed by atoms with Gasteiger partial charge in [0.15, 0.2) is 0 Å². The minimum Gasteiger partial charge on any atom is -0.497 e. The monoisotopic (exact) mass is 597 g/mol. The molecule has 5 N–H and O–H groups in total. The molecule has 0 saturated carbocycles. The number of hydrogen-bond donors (Lipinski definition) is 5. The summed E-state index contributed by atoms with van der Waals surface area (Å²) < 4.78 is 33.8. The Bertz CT molecular complexity index is 1340. The smallest absolute Gasteiger partial charge is 0.251 e. The van der Waals surface area contributed by atoms with Gasteiger partial charge in [-0.15, -0.1) is 10.8 Å². The summed E-state index contributed by atoms with van der Waals surface area (Å²) in [5, 5.41) is 17.9. The molecule has 4 rings (SSSR count). The lowest BCUT2D eigenvalue weighted by atomic mass is 9.93. The van der Waals surface area contributed by atoms with Crippen molar-refractivity contribution in [2.75, 3.05) is 36.9 Å². The topological polar surface area (TPSA) is 124 Å². The Morgan fingerprint density at radius 3 is 2.48 bits per heavy atom. The van der Waals surface area contributed by atoms with Gasteiger partial charge in [0, 0.05) is 30.3 Å². The van der Waals surface area contributed by atoms with Crippen LogP contribution in [0.1, 0.15) is 48.7 Å². The minimum absolute atomic E-state index is 0.223. The van der Waals surface area contributed by atoms with Crippen molar-refractivity contribution in [3.63, 3.8) is 0 Å². The molecular weight excluding hydrogens is 554 g/mol. The average Bonchev–Trinajstić information content (AvgIpc) is 3.34. The molecule has 1 aliphatic rings. The number of rotatable bonds is 13. The van der Waals surface area contributed by atoms with Crippen LogP contribution in [0.3, 0.4) is 0 Å². The molecular formula is C32H43N3O6S. The van der Waals surface area contributed by atoms with E-state index in [-0.39, 0.29) is 18.2 Å². The van der Waals surface area contributed by atoms with Crippen molar-refractivity contribution in [2.45, 2.75) is 51.3 Å². The van der Waals surface area contributed by atoms with E-state index in [0.29, 0.717) is 43.0 Å². The number of aliphatic hydroxyl groups is 1. The largest absolute Gasteiger partial charge is 0.497 e. The number of hydrogen-bond acceptors (Lipinski definition) is 8. The Hall–Kier alpha value is -3.28. The van der Waals surface area contributed by atoms with E-state index < -0.39 is 28.5 Å². The summed E-state index contributed by atoms with van der Waals surface area (Å²) in [6.07, 6.45) is 0.145. The molecule has 3 aromatic carbocycles. The summed E-state index contributed by atoms with van der Waals surface area (Å²) in [6.45, 7) is 7.00. The Kier molecular flexibility index (Phi) is 10.4. The average molecular weight is 598 g/mol. The number of anilines is 1. The lowest BCUT2D eigenvalue weighted by Crippen LogP contribution is -2.51. The molecule has 1 heterocycles. The van der Waals surface area contributed by atoms with Crippen molar-refractivity contribution in [3.8, 4) is 11.5 Å². The summed E-state index contributed by atoms with van der Waals surface area (Å²) in [5.41, 5.74) is 2.34. The van der Waals surface area contributed by atoms with E-state index in [1.54, 1.807) is 29.6 Å². The molecule has 9 nitrogen and oxygen atoms in total. The van der Waals surface area contributed by atoms with Gasteiger partial charge in [-0.25, -0.2) is 0 Å². The Morgan fingerprint density at radius 2 is 1.81 bits per heavy atom. The number of benzene rings is 3. The van der Waals surface area contributed by atoms with Crippen molar-refractivity contribution in [1.82, 2.24) is 10.6 Å². The van der Waals surface area contributed by atoms with Crippen molar-refractivity contribution in [3.05, 3.63) is 89.5 Å². The second-order valence-corrected chi connectivity index (χ2v) is 13.1. The second-order valence-electron chi connectivity index (χ2n) is 11.0. The molecule has 2 atom stereocenters. The first-order valence-corrected chi connectivity index (χ1v) is 15.9. The lowest BCUT2D eigenvalue weighted by Gasteiger charge is -2.38. The molecule has 1 fully saturated rings. The van der Waals surface area contributed by atoms with Crippen molar-refractivity contribution >= 4 is 22.4 Å². The van der Waals surface area contributed by atoms with Crippen LogP contribution in [0.4, 0.5) is 5.69 Å². The van der Waals surface area contributed by atoms with E-state index in [2.05, 4.69) is 10.6 Å². The van der Waals surface area contributed by atoms with Gasteiger partial charge in [0.2, 0.25) is 0 Å². The van der Waals surface area contributed by atoms with Crippen LogP contribution in [0.15, 0.2) is 72.8 Å². The van der Waals surface area contributed by atoms with Crippen LogP contribution in [-0.2, 0) is 12.0 Å². The first kappa shape index (κ1) is 31.7. The number of methoxy groups -OCH3 is 1. The van der Waals surface area contributed by atoms with E-state index in [1.165, 1.54) is 0 Å². The molecule has 0 unspecified atom stereocenters. The van der Waals surface area contributed by atoms with Crippen molar-refractivity contribution in [1.29, 1.82) is 0 Å². The summed E-state index contributed by atoms with van der Waals surface area (Å²) in [4.78, 5) is 13.7. The molecule has 10 heteroatoms. The minimum atomic E-state index is -2.95. The molecule has 1 aliphatic heterocycles. The third kappa shape index (κ3) is 7.96. The normalized spacial score (nSPS) is 16.9. The predicted octanol–water partition coefficient (Wildman–Crippen LogP) is 5.20. The maximum atomic E-state index is 13.7. The van der Waals surface area contributed by atoms with Gasteiger partial charge in [-0.2, -0.15) is 0 Å². The van der Waals surface area contributed by atoms with Gasteiger partial charge in [0.05, 0.1) is 37.3 Å². The van der Waals surface area contributed by atoms with E-state index >= 15 is 0 Å². The fourth-order valence-electron chi connectivity index (χ4n) is 5.08. The van der Waals surface area contributed by atoms with Gasteiger partial charge < -0.3 is 25.2 Å². The third-order valence-corrected chi connectivity index (χ3v) is 9.44. The fourth-order valence-corrected chi connectivity index (χ4v) is 6.68. The lowest BCUT2D eigenvalue weighted by molar-refractivity contribution is 0.0813. The molecule has 1 amide bonds. The molecule has 0 radical (unpaired) electrons. The second kappa shape index (κ2) is 13.8. The maximum Gasteiger partial charge on any atom is 0.251 e. The van der Waals surface area contributed by atoms with Gasteiger partial charge in [-0.3, -0.25) is 18.2 Å². The standard InChI is InChI=1S/C32H43N3O6S/c1-5-41-28-19-24(18-26(21-28)35-15-10-16-42(35,38)39)31(37)34-29(17-23-11-7-6-8-12-23)30(36)22-33-32(2,3)25-13-9-14-27(20-25)40-4/h6-9,11-14,18-21,29-30,33,36,38-39H,5,10,15-17,22H2,1-4H3,(H,34,37)/t29-,30-/m0/s1. The zero-order chi connectivity index (χ0) is 30.3. The zero-order valence-electron chi connectivity index (χ0n) is 24.7. The number of carbonyl (C=O) groups excluding carboxylic acids is 1. The summed E-state index contributed by atoms with van der Waals surface area (Å²) in [7, 11) is -1.32. The van der Waals surface area contributed by atoms with Crippen molar-refractivity contribution < 1.29 is 28.5 Å². The van der Waals surface area contributed by atoms with Crippen LogP contribution in [0.2, 0.25) is 0 Å². The van der Waals surface area contributed by atoms with Crippen LogP contribution in [0, 0.1) is 0 Å². The highest BCUT2D eigenvalue weighted by Crippen LogP contribution is 2.51. The summed E-state index contributed by atoms with van der Waals surface area (Å²) in [6, 6.07) is 21.9. The number of nitrogens with one attached hydrogen (secondary N) is 2. The number of carbonyl (C=O) groups is 1. The molecule has 1 saturated heterocycles. The van der Waals surface area contributed by atoms with Gasteiger partial charge in [0.1, 0.15) is 11.5 Å². The predicted molar refractivity (Wildman–Crippen MR) is 169 cm³/mol. The maximum absolute atomic E-state index is 13.7. The fraction of sp³-hybridized carbons (Fsp3) is 0.406. The highest BCUT2D eigenvalue weighted by atomic mass is 32.3. The summed E-state index contributed by atoms with van der Waals surface area (Å²) >= 11 is 0. The van der Waals surface area contributed by atoms with E-state index in [0.717, 1.165) is 16.9 Å². The number of ether oxygens (including phenoxy) is 2. The zero-order valence-corrected chi connectivity index (χ0v) is 25.6. The number of nitrogens with zero attached hydrogens (tertiary/aromatic N) is 1. The molecule has 0 bridgehead atoms. The van der Waals surface area contributed by atoms with Gasteiger partial charge in [-0.1, -0.05) is 42.5 Å². The van der Waals surface area contributed by atoms with E-state index in [1.807, 2.05) is 75.4 Å². The molecule has 0 spiro atoms. The van der Waals surface area contributed by atoms with Crippen LogP contribution >= 0.6 is 10.8 Å². The van der Waals surface area contributed by atoms with Gasteiger partial charge in [0.25, 0.3) is 5.91 Å². The molecule has 0 aliphatic carbocycles. The van der Waals surface area contributed by atoms with Crippen LogP contribution < -0.4 is 24.4 Å². The quantitative estimate of drug-likeness (QED) is 0.182. The molecule has 3 aromatic rings. The Morgan fingerprint density at radius 1 is 1.05 bits per heavy atom. The molecule has 228 valence electrons. The molecule has 0 aromatic heterocycles. The first-order chi connectivity index (χ1) is 20.0. The highest BCUT2D eigenvalue weighted by molar-refractivity contribution is 8.25. The third-order valence-electron chi connectivity index (χ3n) is 7.51. The van der Waals surface area contributed by atoms with Crippen LogP contribution in [-0.4, -0.2) is 64.8 Å². The Balaban J connectivity index is 1.56. The van der Waals surface area contributed by atoms with Crippen LogP contribution in [0.25, 0.3) is 0 Å². The highest BCUT2D eigenvalue weighted by Gasteiger charge is 2.31. The number of amides is 1. The van der Waals surface area contributed by atoms with Crippen LogP contribution in [0.5, 0.6) is 11.5 Å². The Labute approximate surface area is 250 Å².